The van der Waals surface area contributed by atoms with Gasteiger partial charge in [-0.3, -0.25) is 5.41 Å². The number of rotatable bonds is 2. The molecule has 0 saturated carbocycles. The average Bonchev–Trinajstić information content (AvgIpc) is 2.80. The number of hydrogen-bond donors (Lipinski definition) is 1. The topological polar surface area (TPSA) is 61.2 Å². The minimum Gasteiger partial charge on any atom is -0.316 e. The van der Waals surface area contributed by atoms with Crippen molar-refractivity contribution in [3.63, 3.8) is 0 Å². The molecule has 1 aromatic rings. The molecule has 2 aliphatic rings. The number of fused-ring (bicyclic) bond motifs is 1. The standard InChI is InChI=1S/C14H18N2O2S2.BrH/c1-3-10-6-4-5-9(2)13(10)16-11-7-20(17,18)8-12(11)19-14(16)15;/h4-6,11-12,15H,3,7-8H2,1-2H3;1H/t11-,12+;/m1./s1. The summed E-state index contributed by atoms with van der Waals surface area (Å²) in [5, 5.41) is 8.73. The first-order valence-electron chi connectivity index (χ1n) is 6.76. The fourth-order valence-corrected chi connectivity index (χ4v) is 6.90. The molecule has 2 atom stereocenters. The highest BCUT2D eigenvalue weighted by molar-refractivity contribution is 8.93. The van der Waals surface area contributed by atoms with E-state index in [1.165, 1.54) is 17.3 Å². The van der Waals surface area contributed by atoms with Crippen molar-refractivity contribution in [2.24, 2.45) is 0 Å². The molecule has 2 heterocycles. The molecule has 2 saturated heterocycles. The SMILES string of the molecule is Br.CCc1cccc(C)c1N1C(=N)S[C@H]2CS(=O)(=O)C[C@H]21. The van der Waals surface area contributed by atoms with E-state index in [4.69, 9.17) is 5.41 Å². The molecule has 0 spiro atoms. The maximum Gasteiger partial charge on any atom is 0.161 e. The Morgan fingerprint density at radius 3 is 2.76 bits per heavy atom. The van der Waals surface area contributed by atoms with Crippen LogP contribution in [0.2, 0.25) is 0 Å². The Morgan fingerprint density at radius 2 is 2.10 bits per heavy atom. The molecule has 2 fully saturated rings. The van der Waals surface area contributed by atoms with Crippen LogP contribution in [0.3, 0.4) is 0 Å². The number of para-hydroxylation sites is 1. The van der Waals surface area contributed by atoms with Crippen LogP contribution in [-0.4, -0.2) is 36.4 Å². The van der Waals surface area contributed by atoms with Gasteiger partial charge < -0.3 is 4.90 Å². The molecule has 21 heavy (non-hydrogen) atoms. The first-order valence-corrected chi connectivity index (χ1v) is 9.46. The van der Waals surface area contributed by atoms with Crippen molar-refractivity contribution in [2.45, 2.75) is 31.6 Å². The largest absolute Gasteiger partial charge is 0.316 e. The summed E-state index contributed by atoms with van der Waals surface area (Å²) >= 11 is 1.40. The zero-order chi connectivity index (χ0) is 14.5. The monoisotopic (exact) mass is 390 g/mol. The normalized spacial score (nSPS) is 26.6. The Bertz CT molecular complexity index is 676. The highest BCUT2D eigenvalue weighted by Crippen LogP contribution is 2.42. The van der Waals surface area contributed by atoms with Crippen LogP contribution >= 0.6 is 28.7 Å². The van der Waals surface area contributed by atoms with Crippen LogP contribution in [0.5, 0.6) is 0 Å². The fourth-order valence-electron chi connectivity index (χ4n) is 3.12. The summed E-state index contributed by atoms with van der Waals surface area (Å²) < 4.78 is 23.7. The van der Waals surface area contributed by atoms with E-state index in [0.717, 1.165) is 17.7 Å². The number of thioether (sulfide) groups is 1. The lowest BCUT2D eigenvalue weighted by atomic mass is 10.0. The zero-order valence-electron chi connectivity index (χ0n) is 12.0. The minimum atomic E-state index is -2.96. The predicted molar refractivity (Wildman–Crippen MR) is 94.9 cm³/mol. The van der Waals surface area contributed by atoms with Gasteiger partial charge in [0.05, 0.1) is 17.5 Å². The Kier molecular flexibility index (Phi) is 4.75. The van der Waals surface area contributed by atoms with E-state index < -0.39 is 9.84 Å². The summed E-state index contributed by atoms with van der Waals surface area (Å²) in [6, 6.07) is 6.04. The Morgan fingerprint density at radius 1 is 1.38 bits per heavy atom. The summed E-state index contributed by atoms with van der Waals surface area (Å²) in [5.41, 5.74) is 3.33. The molecule has 116 valence electrons. The number of nitrogens with zero attached hydrogens (tertiary/aromatic N) is 1. The van der Waals surface area contributed by atoms with Gasteiger partial charge in [0.1, 0.15) is 0 Å². The third-order valence-electron chi connectivity index (χ3n) is 4.03. The first-order chi connectivity index (χ1) is 9.43. The number of benzene rings is 1. The molecule has 0 bridgehead atoms. The predicted octanol–water partition coefficient (Wildman–Crippen LogP) is 2.79. The molecule has 7 heteroatoms. The van der Waals surface area contributed by atoms with E-state index in [9.17, 15) is 8.42 Å². The van der Waals surface area contributed by atoms with E-state index in [-0.39, 0.29) is 39.8 Å². The Balaban J connectivity index is 0.00000161. The van der Waals surface area contributed by atoms with Gasteiger partial charge in [0.15, 0.2) is 15.0 Å². The minimum absolute atomic E-state index is 0. The van der Waals surface area contributed by atoms with Crippen molar-refractivity contribution in [1.82, 2.24) is 0 Å². The van der Waals surface area contributed by atoms with Gasteiger partial charge in [-0.25, -0.2) is 8.42 Å². The fraction of sp³-hybridized carbons (Fsp3) is 0.500. The van der Waals surface area contributed by atoms with E-state index in [2.05, 4.69) is 13.0 Å². The molecule has 2 aliphatic heterocycles. The van der Waals surface area contributed by atoms with Gasteiger partial charge in [-0.1, -0.05) is 36.9 Å². The van der Waals surface area contributed by atoms with Crippen LogP contribution in [0.1, 0.15) is 18.1 Å². The van der Waals surface area contributed by atoms with Crippen molar-refractivity contribution >= 4 is 49.4 Å². The molecule has 1 aromatic carbocycles. The number of sulfone groups is 1. The molecule has 4 nitrogen and oxygen atoms in total. The molecule has 0 unspecified atom stereocenters. The molecule has 0 radical (unpaired) electrons. The van der Waals surface area contributed by atoms with E-state index >= 15 is 0 Å². The molecule has 0 amide bonds. The van der Waals surface area contributed by atoms with Gasteiger partial charge >= 0.3 is 0 Å². The smallest absolute Gasteiger partial charge is 0.161 e. The van der Waals surface area contributed by atoms with E-state index in [1.54, 1.807) is 0 Å². The van der Waals surface area contributed by atoms with Gasteiger partial charge in [0.25, 0.3) is 0 Å². The second kappa shape index (κ2) is 5.93. The van der Waals surface area contributed by atoms with Gasteiger partial charge in [-0.05, 0) is 24.5 Å². The van der Waals surface area contributed by atoms with E-state index in [0.29, 0.717) is 5.17 Å². The Labute approximate surface area is 140 Å². The Hall–Kier alpha value is -0.530. The number of halogens is 1. The number of amidine groups is 1. The lowest BCUT2D eigenvalue weighted by Crippen LogP contribution is -2.38. The van der Waals surface area contributed by atoms with Crippen LogP contribution in [0, 0.1) is 12.3 Å². The summed E-state index contributed by atoms with van der Waals surface area (Å²) in [6.07, 6.45) is 0.885. The van der Waals surface area contributed by atoms with Crippen LogP contribution in [0.25, 0.3) is 0 Å². The molecule has 0 aromatic heterocycles. The van der Waals surface area contributed by atoms with Crippen LogP contribution < -0.4 is 4.90 Å². The van der Waals surface area contributed by atoms with E-state index in [1.807, 2.05) is 24.0 Å². The quantitative estimate of drug-likeness (QED) is 0.842. The van der Waals surface area contributed by atoms with Gasteiger partial charge in [-0.2, -0.15) is 0 Å². The van der Waals surface area contributed by atoms with Gasteiger partial charge in [-0.15, -0.1) is 17.0 Å². The lowest BCUT2D eigenvalue weighted by molar-refractivity contribution is 0.601. The zero-order valence-corrected chi connectivity index (χ0v) is 15.3. The maximum atomic E-state index is 11.9. The molecule has 3 rings (SSSR count). The molecular weight excluding hydrogens is 372 g/mol. The van der Waals surface area contributed by atoms with Crippen molar-refractivity contribution in [3.8, 4) is 0 Å². The lowest BCUT2D eigenvalue weighted by Gasteiger charge is -2.28. The number of hydrogen-bond acceptors (Lipinski definition) is 4. The van der Waals surface area contributed by atoms with Crippen molar-refractivity contribution in [2.75, 3.05) is 16.4 Å². The van der Waals surface area contributed by atoms with Gasteiger partial charge in [0, 0.05) is 10.9 Å². The molecule has 0 aliphatic carbocycles. The second-order valence-corrected chi connectivity index (χ2v) is 8.79. The van der Waals surface area contributed by atoms with Crippen molar-refractivity contribution < 1.29 is 8.42 Å². The molecule has 1 N–H and O–H groups in total. The third-order valence-corrected chi connectivity index (χ3v) is 7.16. The van der Waals surface area contributed by atoms with Crippen molar-refractivity contribution in [3.05, 3.63) is 29.3 Å². The van der Waals surface area contributed by atoms with Gasteiger partial charge in [0.2, 0.25) is 0 Å². The first kappa shape index (κ1) is 16.8. The highest BCUT2D eigenvalue weighted by atomic mass is 79.9. The number of nitrogens with one attached hydrogen (secondary N) is 1. The van der Waals surface area contributed by atoms with Crippen LogP contribution in [-0.2, 0) is 16.3 Å². The summed E-state index contributed by atoms with van der Waals surface area (Å²) in [5.74, 6) is 0.374. The average molecular weight is 391 g/mol. The van der Waals surface area contributed by atoms with Crippen LogP contribution in [0.4, 0.5) is 5.69 Å². The third kappa shape index (κ3) is 2.87. The highest BCUT2D eigenvalue weighted by Gasteiger charge is 2.49. The van der Waals surface area contributed by atoms with Crippen LogP contribution in [0.15, 0.2) is 18.2 Å². The number of aryl methyl sites for hydroxylation is 2. The summed E-state index contributed by atoms with van der Waals surface area (Å²) in [4.78, 5) is 1.95. The summed E-state index contributed by atoms with van der Waals surface area (Å²) in [7, 11) is -2.96. The second-order valence-electron chi connectivity index (χ2n) is 5.41. The summed E-state index contributed by atoms with van der Waals surface area (Å²) in [6.45, 7) is 4.12. The maximum absolute atomic E-state index is 11.9. The number of anilines is 1. The van der Waals surface area contributed by atoms with Crippen molar-refractivity contribution in [1.29, 1.82) is 5.41 Å². The molecular formula is C14H19BrN2O2S2.